The number of aryl methyl sites for hydroxylation is 1. The largest absolute Gasteiger partial charge is 0.304 e. The van der Waals surface area contributed by atoms with E-state index >= 15 is 0 Å². The quantitative estimate of drug-likeness (QED) is 0.763. The highest BCUT2D eigenvalue weighted by Gasteiger charge is 2.13. The minimum atomic E-state index is 1.08. The Kier molecular flexibility index (Phi) is 6.68. The van der Waals surface area contributed by atoms with E-state index in [0.29, 0.717) is 0 Å². The maximum Gasteiger partial charge on any atom is 0.0233 e. The van der Waals surface area contributed by atoms with Gasteiger partial charge in [0, 0.05) is 32.7 Å². The van der Waals surface area contributed by atoms with E-state index in [9.17, 15) is 0 Å². The van der Waals surface area contributed by atoms with Crippen LogP contribution in [-0.4, -0.2) is 67.6 Å². The molecular weight excluding hydrogens is 258 g/mol. The lowest BCUT2D eigenvalue weighted by Crippen LogP contribution is -2.45. The molecule has 1 aromatic carbocycles. The van der Waals surface area contributed by atoms with Gasteiger partial charge in [0.05, 0.1) is 0 Å². The normalized spacial score (nSPS) is 17.5. The van der Waals surface area contributed by atoms with Crippen molar-refractivity contribution in [2.45, 2.75) is 26.8 Å². The second-order valence-electron chi connectivity index (χ2n) is 6.35. The smallest absolute Gasteiger partial charge is 0.0233 e. The first-order chi connectivity index (χ1) is 10.2. The van der Waals surface area contributed by atoms with E-state index in [2.05, 4.69) is 59.9 Å². The molecule has 0 unspecified atom stereocenters. The monoisotopic (exact) mass is 289 g/mol. The van der Waals surface area contributed by atoms with Gasteiger partial charge in [-0.2, -0.15) is 0 Å². The van der Waals surface area contributed by atoms with Crippen molar-refractivity contribution < 1.29 is 0 Å². The molecule has 3 nitrogen and oxygen atoms in total. The van der Waals surface area contributed by atoms with Gasteiger partial charge in [0.1, 0.15) is 0 Å². The Labute approximate surface area is 130 Å². The topological polar surface area (TPSA) is 9.72 Å². The highest BCUT2D eigenvalue weighted by atomic mass is 15.2. The van der Waals surface area contributed by atoms with Gasteiger partial charge in [-0.25, -0.2) is 0 Å². The maximum absolute atomic E-state index is 2.61. The van der Waals surface area contributed by atoms with Gasteiger partial charge >= 0.3 is 0 Å². The van der Waals surface area contributed by atoms with Crippen molar-refractivity contribution >= 4 is 0 Å². The number of benzene rings is 1. The second-order valence-corrected chi connectivity index (χ2v) is 6.35. The van der Waals surface area contributed by atoms with Crippen LogP contribution in [0.1, 0.15) is 24.5 Å². The van der Waals surface area contributed by atoms with Gasteiger partial charge < -0.3 is 9.80 Å². The molecule has 1 aliphatic rings. The second kappa shape index (κ2) is 8.52. The molecule has 0 atom stereocenters. The van der Waals surface area contributed by atoms with Crippen LogP contribution >= 0.6 is 0 Å². The van der Waals surface area contributed by atoms with E-state index in [1.165, 1.54) is 56.8 Å². The predicted octanol–water partition coefficient (Wildman–Crippen LogP) is 2.45. The number of hydrogen-bond donors (Lipinski definition) is 0. The first-order valence-corrected chi connectivity index (χ1v) is 8.36. The molecule has 3 heteroatoms. The lowest BCUT2D eigenvalue weighted by molar-refractivity contribution is 0.145. The molecule has 1 saturated heterocycles. The molecule has 0 aromatic heterocycles. The molecule has 1 heterocycles. The van der Waals surface area contributed by atoms with Crippen molar-refractivity contribution in [3.8, 4) is 0 Å². The summed E-state index contributed by atoms with van der Waals surface area (Å²) < 4.78 is 0. The van der Waals surface area contributed by atoms with Crippen molar-refractivity contribution in [1.29, 1.82) is 0 Å². The Morgan fingerprint density at radius 2 is 1.71 bits per heavy atom. The molecule has 1 aromatic rings. The number of piperazine rings is 1. The Balaban J connectivity index is 1.69. The van der Waals surface area contributed by atoms with Crippen LogP contribution in [0.15, 0.2) is 24.3 Å². The van der Waals surface area contributed by atoms with Crippen LogP contribution in [-0.2, 0) is 6.54 Å². The third kappa shape index (κ3) is 5.77. The van der Waals surface area contributed by atoms with Crippen LogP contribution in [0.5, 0.6) is 0 Å². The summed E-state index contributed by atoms with van der Waals surface area (Å²) in [5, 5.41) is 0. The summed E-state index contributed by atoms with van der Waals surface area (Å²) in [6.07, 6.45) is 1.28. The molecule has 0 aliphatic carbocycles. The van der Waals surface area contributed by atoms with Crippen molar-refractivity contribution in [3.05, 3.63) is 35.4 Å². The number of rotatable bonds is 7. The minimum absolute atomic E-state index is 1.08. The molecule has 118 valence electrons. The molecule has 0 spiro atoms. The van der Waals surface area contributed by atoms with Crippen molar-refractivity contribution in [2.24, 2.45) is 0 Å². The zero-order valence-electron chi connectivity index (χ0n) is 14.0. The van der Waals surface area contributed by atoms with Gasteiger partial charge in [-0.15, -0.1) is 0 Å². The summed E-state index contributed by atoms with van der Waals surface area (Å²) in [5.74, 6) is 0. The standard InChI is InChI=1S/C18H31N3/c1-4-20(16-18-8-6-17(2)7-9-18)10-5-11-21-14-12-19(3)13-15-21/h6-9H,4-5,10-16H2,1-3H3. The van der Waals surface area contributed by atoms with Crippen molar-refractivity contribution in [3.63, 3.8) is 0 Å². The summed E-state index contributed by atoms with van der Waals surface area (Å²) in [6, 6.07) is 8.96. The molecule has 1 fully saturated rings. The predicted molar refractivity (Wildman–Crippen MR) is 90.7 cm³/mol. The van der Waals surface area contributed by atoms with E-state index in [4.69, 9.17) is 0 Å². The Hall–Kier alpha value is -0.900. The Morgan fingerprint density at radius 1 is 1.05 bits per heavy atom. The molecular formula is C18H31N3. The molecule has 0 amide bonds. The zero-order valence-corrected chi connectivity index (χ0v) is 14.0. The first kappa shape index (κ1) is 16.5. The van der Waals surface area contributed by atoms with Gasteiger partial charge in [-0.3, -0.25) is 4.90 Å². The Bertz CT molecular complexity index is 393. The summed E-state index contributed by atoms with van der Waals surface area (Å²) >= 11 is 0. The van der Waals surface area contributed by atoms with E-state index in [1.54, 1.807) is 0 Å². The number of nitrogens with zero attached hydrogens (tertiary/aromatic N) is 3. The minimum Gasteiger partial charge on any atom is -0.304 e. The fraction of sp³-hybridized carbons (Fsp3) is 0.667. The summed E-state index contributed by atoms with van der Waals surface area (Å²) in [7, 11) is 2.22. The van der Waals surface area contributed by atoms with Crippen LogP contribution < -0.4 is 0 Å². The molecule has 0 bridgehead atoms. The van der Waals surface area contributed by atoms with E-state index < -0.39 is 0 Å². The third-order valence-electron chi connectivity index (χ3n) is 4.52. The average Bonchev–Trinajstić information content (AvgIpc) is 2.50. The Morgan fingerprint density at radius 3 is 2.33 bits per heavy atom. The lowest BCUT2D eigenvalue weighted by Gasteiger charge is -2.32. The molecule has 0 saturated carbocycles. The van der Waals surface area contributed by atoms with Crippen LogP contribution in [0.25, 0.3) is 0 Å². The third-order valence-corrected chi connectivity index (χ3v) is 4.52. The van der Waals surface area contributed by atoms with Crippen molar-refractivity contribution in [2.75, 3.05) is 52.9 Å². The summed E-state index contributed by atoms with van der Waals surface area (Å²) in [5.41, 5.74) is 2.78. The van der Waals surface area contributed by atoms with Gasteiger partial charge in [0.15, 0.2) is 0 Å². The van der Waals surface area contributed by atoms with Crippen LogP contribution in [0.2, 0.25) is 0 Å². The lowest BCUT2D eigenvalue weighted by atomic mass is 10.1. The highest BCUT2D eigenvalue weighted by Crippen LogP contribution is 2.08. The number of likely N-dealkylation sites (N-methyl/N-ethyl adjacent to an activating group) is 1. The number of hydrogen-bond acceptors (Lipinski definition) is 3. The summed E-state index contributed by atoms with van der Waals surface area (Å²) in [6.45, 7) is 14.0. The molecule has 0 N–H and O–H groups in total. The molecule has 21 heavy (non-hydrogen) atoms. The van der Waals surface area contributed by atoms with Gasteiger partial charge in [-0.1, -0.05) is 36.8 Å². The van der Waals surface area contributed by atoms with Gasteiger partial charge in [0.2, 0.25) is 0 Å². The fourth-order valence-corrected chi connectivity index (χ4v) is 2.89. The fourth-order valence-electron chi connectivity index (χ4n) is 2.89. The van der Waals surface area contributed by atoms with E-state index in [0.717, 1.165) is 13.1 Å². The zero-order chi connectivity index (χ0) is 15.1. The van der Waals surface area contributed by atoms with Crippen LogP contribution in [0.4, 0.5) is 0 Å². The van der Waals surface area contributed by atoms with Crippen molar-refractivity contribution in [1.82, 2.24) is 14.7 Å². The maximum atomic E-state index is 2.61. The molecule has 0 radical (unpaired) electrons. The van der Waals surface area contributed by atoms with Crippen LogP contribution in [0.3, 0.4) is 0 Å². The molecule has 1 aliphatic heterocycles. The van der Waals surface area contributed by atoms with Gasteiger partial charge in [-0.05, 0) is 45.6 Å². The van der Waals surface area contributed by atoms with Crippen LogP contribution in [0, 0.1) is 6.92 Å². The summed E-state index contributed by atoms with van der Waals surface area (Å²) in [4.78, 5) is 7.59. The highest BCUT2D eigenvalue weighted by molar-refractivity contribution is 5.21. The SMILES string of the molecule is CCN(CCCN1CCN(C)CC1)Cc1ccc(C)cc1. The molecule has 2 rings (SSSR count). The van der Waals surface area contributed by atoms with Gasteiger partial charge in [0.25, 0.3) is 0 Å². The first-order valence-electron chi connectivity index (χ1n) is 8.36. The average molecular weight is 289 g/mol. The van der Waals surface area contributed by atoms with E-state index in [1.807, 2.05) is 0 Å². The van der Waals surface area contributed by atoms with E-state index in [-0.39, 0.29) is 0 Å².